The summed E-state index contributed by atoms with van der Waals surface area (Å²) in [6.07, 6.45) is 1.74. The number of nitrogens with zero attached hydrogens (tertiary/aromatic N) is 1. The van der Waals surface area contributed by atoms with Crippen LogP contribution in [0.4, 0.5) is 0 Å². The minimum absolute atomic E-state index is 0.0980. The van der Waals surface area contributed by atoms with Gasteiger partial charge in [0, 0.05) is 6.54 Å². The molecule has 7 heteroatoms. The van der Waals surface area contributed by atoms with Crippen LogP contribution in [0.3, 0.4) is 0 Å². The third kappa shape index (κ3) is 4.23. The van der Waals surface area contributed by atoms with Crippen LogP contribution in [-0.4, -0.2) is 21.7 Å². The van der Waals surface area contributed by atoms with E-state index in [0.29, 0.717) is 38.2 Å². The van der Waals surface area contributed by atoms with Crippen molar-refractivity contribution in [3.05, 3.63) is 68.5 Å². The first-order valence-corrected chi connectivity index (χ1v) is 9.88. The Balaban J connectivity index is 1.80. The van der Waals surface area contributed by atoms with Crippen molar-refractivity contribution in [3.8, 4) is 5.75 Å². The number of amides is 1. The SMILES string of the molecule is CCN1C(=O)C(=Cc2cc(Cl)c(OCc3ccccc3)c(Cl)c2)SC1=S. The second kappa shape index (κ2) is 8.44. The summed E-state index contributed by atoms with van der Waals surface area (Å²) in [4.78, 5) is 14.4. The molecule has 3 nitrogen and oxygen atoms in total. The minimum Gasteiger partial charge on any atom is -0.486 e. The normalized spacial score (nSPS) is 15.8. The molecule has 1 amide bonds. The Labute approximate surface area is 171 Å². The molecule has 0 aliphatic carbocycles. The van der Waals surface area contributed by atoms with Gasteiger partial charge in [-0.3, -0.25) is 9.69 Å². The summed E-state index contributed by atoms with van der Waals surface area (Å²) in [7, 11) is 0. The number of thioether (sulfide) groups is 1. The van der Waals surface area contributed by atoms with Gasteiger partial charge in [-0.2, -0.15) is 0 Å². The van der Waals surface area contributed by atoms with Crippen LogP contribution < -0.4 is 4.74 Å². The lowest BCUT2D eigenvalue weighted by Crippen LogP contribution is -2.27. The van der Waals surface area contributed by atoms with E-state index in [2.05, 4.69) is 0 Å². The molecule has 1 fully saturated rings. The van der Waals surface area contributed by atoms with Crippen LogP contribution in [0.15, 0.2) is 47.4 Å². The molecule has 0 radical (unpaired) electrons. The van der Waals surface area contributed by atoms with Crippen LogP contribution in [0.5, 0.6) is 5.75 Å². The summed E-state index contributed by atoms with van der Waals surface area (Å²) in [5.74, 6) is 0.328. The highest BCUT2D eigenvalue weighted by Crippen LogP contribution is 2.37. The van der Waals surface area contributed by atoms with Gasteiger partial charge in [0.25, 0.3) is 5.91 Å². The maximum atomic E-state index is 12.3. The highest BCUT2D eigenvalue weighted by Gasteiger charge is 2.30. The number of benzene rings is 2. The fraction of sp³-hybridized carbons (Fsp3) is 0.158. The highest BCUT2D eigenvalue weighted by atomic mass is 35.5. The highest BCUT2D eigenvalue weighted by molar-refractivity contribution is 8.26. The summed E-state index contributed by atoms with van der Waals surface area (Å²) in [6, 6.07) is 13.2. The van der Waals surface area contributed by atoms with Gasteiger partial charge >= 0.3 is 0 Å². The summed E-state index contributed by atoms with van der Waals surface area (Å²) >= 11 is 19.2. The summed E-state index contributed by atoms with van der Waals surface area (Å²) in [6.45, 7) is 2.81. The molecule has 1 saturated heterocycles. The summed E-state index contributed by atoms with van der Waals surface area (Å²) in [5.41, 5.74) is 1.75. The van der Waals surface area contributed by atoms with Gasteiger partial charge in [0.2, 0.25) is 0 Å². The van der Waals surface area contributed by atoms with Crippen molar-refractivity contribution >= 4 is 63.5 Å². The lowest BCUT2D eigenvalue weighted by molar-refractivity contribution is -0.121. The number of rotatable bonds is 5. The van der Waals surface area contributed by atoms with Crippen molar-refractivity contribution in [1.82, 2.24) is 4.90 Å². The van der Waals surface area contributed by atoms with Gasteiger partial charge < -0.3 is 4.74 Å². The fourth-order valence-electron chi connectivity index (χ4n) is 2.45. The van der Waals surface area contributed by atoms with Gasteiger partial charge in [-0.25, -0.2) is 0 Å². The predicted molar refractivity (Wildman–Crippen MR) is 113 cm³/mol. The molecule has 26 heavy (non-hydrogen) atoms. The molecule has 0 spiro atoms. The molecule has 1 aliphatic rings. The molecular weight excluding hydrogens is 409 g/mol. The van der Waals surface area contributed by atoms with E-state index in [1.807, 2.05) is 37.3 Å². The lowest BCUT2D eigenvalue weighted by atomic mass is 10.2. The Hall–Kier alpha value is -1.53. The maximum absolute atomic E-state index is 12.3. The number of carbonyl (C=O) groups excluding carboxylic acids is 1. The summed E-state index contributed by atoms with van der Waals surface area (Å²) < 4.78 is 6.32. The second-order valence-corrected chi connectivity index (χ2v) is 8.00. The first-order chi connectivity index (χ1) is 12.5. The molecule has 3 rings (SSSR count). The van der Waals surface area contributed by atoms with E-state index in [1.54, 1.807) is 23.1 Å². The smallest absolute Gasteiger partial charge is 0.266 e. The van der Waals surface area contributed by atoms with Crippen LogP contribution in [-0.2, 0) is 11.4 Å². The second-order valence-electron chi connectivity index (χ2n) is 5.51. The number of carbonyl (C=O) groups is 1. The molecule has 2 aromatic rings. The average Bonchev–Trinajstić information content (AvgIpc) is 2.88. The zero-order valence-corrected chi connectivity index (χ0v) is 17.0. The van der Waals surface area contributed by atoms with Gasteiger partial charge in [0.1, 0.15) is 10.9 Å². The van der Waals surface area contributed by atoms with Crippen molar-refractivity contribution in [2.75, 3.05) is 6.54 Å². The molecule has 0 unspecified atom stereocenters. The Kier molecular flexibility index (Phi) is 6.24. The van der Waals surface area contributed by atoms with E-state index in [0.717, 1.165) is 11.1 Å². The molecule has 0 saturated carbocycles. The third-order valence-corrected chi connectivity index (χ3v) is 5.67. The average molecular weight is 424 g/mol. The number of likely N-dealkylation sites (N-methyl/N-ethyl adjacent to an activating group) is 1. The van der Waals surface area contributed by atoms with Crippen molar-refractivity contribution < 1.29 is 9.53 Å². The number of ether oxygens (including phenoxy) is 1. The van der Waals surface area contributed by atoms with Gasteiger partial charge in [-0.1, -0.05) is 77.5 Å². The molecule has 1 aliphatic heterocycles. The van der Waals surface area contributed by atoms with Crippen molar-refractivity contribution in [3.63, 3.8) is 0 Å². The monoisotopic (exact) mass is 423 g/mol. The van der Waals surface area contributed by atoms with Crippen molar-refractivity contribution in [1.29, 1.82) is 0 Å². The van der Waals surface area contributed by atoms with Crippen molar-refractivity contribution in [2.24, 2.45) is 0 Å². The zero-order chi connectivity index (χ0) is 18.7. The quantitative estimate of drug-likeness (QED) is 0.449. The molecule has 1 heterocycles. The number of halogens is 2. The van der Waals surface area contributed by atoms with Gasteiger partial charge in [0.15, 0.2) is 5.75 Å². The van der Waals surface area contributed by atoms with E-state index >= 15 is 0 Å². The van der Waals surface area contributed by atoms with Gasteiger partial charge in [0.05, 0.1) is 15.0 Å². The number of thiocarbonyl (C=S) groups is 1. The first kappa shape index (κ1) is 19.2. The standard InChI is InChI=1S/C19H15Cl2NO2S2/c1-2-22-18(23)16(26-19(22)25)10-13-8-14(20)17(15(21)9-13)24-11-12-6-4-3-5-7-12/h3-10H,2,11H2,1H3. The van der Waals surface area contributed by atoms with Crippen LogP contribution >= 0.6 is 47.2 Å². The Morgan fingerprint density at radius 2 is 1.85 bits per heavy atom. The molecule has 2 aromatic carbocycles. The van der Waals surface area contributed by atoms with Gasteiger partial charge in [-0.15, -0.1) is 0 Å². The molecular formula is C19H15Cl2NO2S2. The van der Waals surface area contributed by atoms with Crippen molar-refractivity contribution in [2.45, 2.75) is 13.5 Å². The summed E-state index contributed by atoms with van der Waals surface area (Å²) in [5, 5.41) is 0.788. The molecule has 0 bridgehead atoms. The van der Waals surface area contributed by atoms with Crippen LogP contribution in [0.25, 0.3) is 6.08 Å². The predicted octanol–water partition coefficient (Wildman–Crippen LogP) is 5.79. The topological polar surface area (TPSA) is 29.5 Å². The zero-order valence-electron chi connectivity index (χ0n) is 13.9. The van der Waals surface area contributed by atoms with E-state index in [1.165, 1.54) is 11.8 Å². The molecule has 0 atom stereocenters. The maximum Gasteiger partial charge on any atom is 0.266 e. The first-order valence-electron chi connectivity index (χ1n) is 7.90. The molecule has 134 valence electrons. The number of hydrogen-bond donors (Lipinski definition) is 0. The van der Waals surface area contributed by atoms with E-state index < -0.39 is 0 Å². The van der Waals surface area contributed by atoms with E-state index in [-0.39, 0.29) is 5.91 Å². The molecule has 0 aromatic heterocycles. The van der Waals surface area contributed by atoms with E-state index in [9.17, 15) is 4.79 Å². The Morgan fingerprint density at radius 1 is 1.19 bits per heavy atom. The minimum atomic E-state index is -0.0980. The lowest BCUT2D eigenvalue weighted by Gasteiger charge is -2.11. The Bertz CT molecular complexity index is 861. The number of hydrogen-bond acceptors (Lipinski definition) is 4. The van der Waals surface area contributed by atoms with Crippen LogP contribution in [0.2, 0.25) is 10.0 Å². The fourth-order valence-corrected chi connectivity index (χ4v) is 4.45. The van der Waals surface area contributed by atoms with Gasteiger partial charge in [-0.05, 0) is 36.3 Å². The van der Waals surface area contributed by atoms with Crippen LogP contribution in [0, 0.1) is 0 Å². The van der Waals surface area contributed by atoms with Crippen LogP contribution in [0.1, 0.15) is 18.1 Å². The molecule has 0 N–H and O–H groups in total. The third-order valence-electron chi connectivity index (χ3n) is 3.73. The Morgan fingerprint density at radius 3 is 2.42 bits per heavy atom. The van der Waals surface area contributed by atoms with E-state index in [4.69, 9.17) is 40.2 Å². The largest absolute Gasteiger partial charge is 0.486 e.